The number of nitrogens with one attached hydrogen (secondary N) is 1. The van der Waals surface area contributed by atoms with Gasteiger partial charge in [0.2, 0.25) is 0 Å². The second-order valence-electron chi connectivity index (χ2n) is 6.61. The summed E-state index contributed by atoms with van der Waals surface area (Å²) >= 11 is 0. The smallest absolute Gasteiger partial charge is 0.410 e. The highest BCUT2D eigenvalue weighted by Gasteiger charge is 2.28. The second-order valence-corrected chi connectivity index (χ2v) is 6.61. The summed E-state index contributed by atoms with van der Waals surface area (Å²) in [5.74, 6) is -0.211. The van der Waals surface area contributed by atoms with Crippen LogP contribution in [0.5, 0.6) is 0 Å². The molecule has 1 unspecified atom stereocenters. The third kappa shape index (κ3) is 4.47. The van der Waals surface area contributed by atoms with Crippen LogP contribution in [0, 0.1) is 0 Å². The first-order valence-electron chi connectivity index (χ1n) is 7.53. The first-order valence-corrected chi connectivity index (χ1v) is 7.53. The lowest BCUT2D eigenvalue weighted by atomic mass is 10.1. The van der Waals surface area contributed by atoms with Crippen LogP contribution in [0.15, 0.2) is 12.3 Å². The number of likely N-dealkylation sites (tertiary alicyclic amines) is 1. The summed E-state index contributed by atoms with van der Waals surface area (Å²) in [7, 11) is 1.77. The largest absolute Gasteiger partial charge is 0.444 e. The number of rotatable bonds is 2. The van der Waals surface area contributed by atoms with Gasteiger partial charge in [-0.3, -0.25) is 9.48 Å². The van der Waals surface area contributed by atoms with Gasteiger partial charge >= 0.3 is 6.09 Å². The number of hydrogen-bond acceptors (Lipinski definition) is 4. The van der Waals surface area contributed by atoms with Crippen LogP contribution in [0.1, 0.15) is 44.1 Å². The maximum atomic E-state index is 12.1. The molecule has 2 rings (SSSR count). The van der Waals surface area contributed by atoms with Crippen LogP contribution in [0.25, 0.3) is 0 Å². The number of ether oxygens (including phenoxy) is 1. The lowest BCUT2D eigenvalue weighted by molar-refractivity contribution is 0.0185. The molecule has 22 heavy (non-hydrogen) atoms. The molecule has 7 heteroatoms. The van der Waals surface area contributed by atoms with Gasteiger partial charge in [0, 0.05) is 32.4 Å². The summed E-state index contributed by atoms with van der Waals surface area (Å²) in [6.07, 6.45) is 3.08. The van der Waals surface area contributed by atoms with Crippen molar-refractivity contribution in [3.05, 3.63) is 18.0 Å². The molecule has 1 atom stereocenters. The molecule has 1 N–H and O–H groups in total. The van der Waals surface area contributed by atoms with Gasteiger partial charge in [0.15, 0.2) is 0 Å². The molecule has 1 aliphatic heterocycles. The summed E-state index contributed by atoms with van der Waals surface area (Å²) in [5.41, 5.74) is -0.127. The summed E-state index contributed by atoms with van der Waals surface area (Å²) in [6, 6.07) is 1.60. The Bertz CT molecular complexity index is 547. The number of piperidine rings is 1. The third-order valence-electron chi connectivity index (χ3n) is 3.35. The fraction of sp³-hybridized carbons (Fsp3) is 0.667. The van der Waals surface area contributed by atoms with Gasteiger partial charge in [0.1, 0.15) is 11.3 Å². The monoisotopic (exact) mass is 308 g/mol. The molecule has 1 aromatic rings. The zero-order valence-electron chi connectivity index (χ0n) is 13.6. The van der Waals surface area contributed by atoms with E-state index in [0.717, 1.165) is 12.8 Å². The van der Waals surface area contributed by atoms with Crippen molar-refractivity contribution in [2.45, 2.75) is 45.3 Å². The third-order valence-corrected chi connectivity index (χ3v) is 3.35. The molecular formula is C15H24N4O3. The molecule has 2 heterocycles. The summed E-state index contributed by atoms with van der Waals surface area (Å²) in [4.78, 5) is 25.9. The molecule has 122 valence electrons. The highest BCUT2D eigenvalue weighted by Crippen LogP contribution is 2.15. The number of hydrogen-bond donors (Lipinski definition) is 1. The average molecular weight is 308 g/mol. The van der Waals surface area contributed by atoms with Gasteiger partial charge in [0.05, 0.1) is 0 Å². The van der Waals surface area contributed by atoms with Crippen LogP contribution in [0.4, 0.5) is 4.79 Å². The fourth-order valence-corrected chi connectivity index (χ4v) is 2.38. The number of amides is 2. The van der Waals surface area contributed by atoms with E-state index in [2.05, 4.69) is 10.4 Å². The molecule has 1 saturated heterocycles. The minimum atomic E-state index is -0.513. The first kappa shape index (κ1) is 16.3. The minimum absolute atomic E-state index is 0.0734. The van der Waals surface area contributed by atoms with Crippen molar-refractivity contribution in [1.82, 2.24) is 20.0 Å². The topological polar surface area (TPSA) is 76.5 Å². The predicted molar refractivity (Wildman–Crippen MR) is 81.5 cm³/mol. The Balaban J connectivity index is 1.90. The fourth-order valence-electron chi connectivity index (χ4n) is 2.38. The summed E-state index contributed by atoms with van der Waals surface area (Å²) < 4.78 is 6.96. The molecule has 1 fully saturated rings. The molecule has 0 spiro atoms. The number of carbonyl (C=O) groups excluding carboxylic acids is 2. The van der Waals surface area contributed by atoms with Gasteiger partial charge in [-0.05, 0) is 39.7 Å². The molecule has 0 radical (unpaired) electrons. The highest BCUT2D eigenvalue weighted by molar-refractivity contribution is 5.92. The van der Waals surface area contributed by atoms with Gasteiger partial charge in [-0.2, -0.15) is 5.10 Å². The van der Waals surface area contributed by atoms with Crippen molar-refractivity contribution in [1.29, 1.82) is 0 Å². The maximum absolute atomic E-state index is 12.1. The number of nitrogens with zero attached hydrogens (tertiary/aromatic N) is 3. The Morgan fingerprint density at radius 2 is 2.14 bits per heavy atom. The normalized spacial score (nSPS) is 18.9. The first-order chi connectivity index (χ1) is 10.2. The van der Waals surface area contributed by atoms with Gasteiger partial charge in [-0.1, -0.05) is 0 Å². The van der Waals surface area contributed by atoms with E-state index in [1.54, 1.807) is 28.9 Å². The van der Waals surface area contributed by atoms with Gasteiger partial charge in [0.25, 0.3) is 5.91 Å². The van der Waals surface area contributed by atoms with Crippen LogP contribution < -0.4 is 5.32 Å². The van der Waals surface area contributed by atoms with Crippen LogP contribution in [0.3, 0.4) is 0 Å². The Morgan fingerprint density at radius 1 is 1.41 bits per heavy atom. The van der Waals surface area contributed by atoms with Gasteiger partial charge in [-0.25, -0.2) is 4.79 Å². The van der Waals surface area contributed by atoms with Crippen molar-refractivity contribution in [3.8, 4) is 0 Å². The predicted octanol–water partition coefficient (Wildman–Crippen LogP) is 1.55. The molecule has 0 saturated carbocycles. The Morgan fingerprint density at radius 3 is 2.73 bits per heavy atom. The average Bonchev–Trinajstić information content (AvgIpc) is 2.84. The van der Waals surface area contributed by atoms with E-state index in [1.807, 2.05) is 20.8 Å². The molecule has 0 aromatic carbocycles. The number of aromatic nitrogens is 2. The van der Waals surface area contributed by atoms with E-state index in [-0.39, 0.29) is 18.0 Å². The molecule has 1 aromatic heterocycles. The van der Waals surface area contributed by atoms with Crippen LogP contribution in [-0.4, -0.2) is 51.4 Å². The standard InChI is InChI=1S/C15H24N4O3/c1-15(2,3)22-14(21)19-8-5-6-11(10-19)16-13(20)12-7-9-18(4)17-12/h7,9,11H,5-6,8,10H2,1-4H3,(H,16,20). The van der Waals surface area contributed by atoms with Crippen molar-refractivity contribution in [2.75, 3.05) is 13.1 Å². The minimum Gasteiger partial charge on any atom is -0.444 e. The zero-order chi connectivity index (χ0) is 16.3. The van der Waals surface area contributed by atoms with Crippen molar-refractivity contribution < 1.29 is 14.3 Å². The Hall–Kier alpha value is -2.05. The number of aryl methyl sites for hydroxylation is 1. The van der Waals surface area contributed by atoms with Crippen molar-refractivity contribution in [3.63, 3.8) is 0 Å². The molecule has 7 nitrogen and oxygen atoms in total. The Labute approximate surface area is 130 Å². The second kappa shape index (κ2) is 6.37. The quantitative estimate of drug-likeness (QED) is 0.899. The van der Waals surface area contributed by atoms with E-state index in [4.69, 9.17) is 4.74 Å². The van der Waals surface area contributed by atoms with Crippen LogP contribution >= 0.6 is 0 Å². The van der Waals surface area contributed by atoms with Crippen LogP contribution in [0.2, 0.25) is 0 Å². The number of carbonyl (C=O) groups is 2. The van der Waals surface area contributed by atoms with Crippen molar-refractivity contribution >= 4 is 12.0 Å². The molecule has 2 amide bonds. The lowest BCUT2D eigenvalue weighted by Crippen LogP contribution is -2.50. The highest BCUT2D eigenvalue weighted by atomic mass is 16.6. The molecule has 0 aliphatic carbocycles. The van der Waals surface area contributed by atoms with E-state index in [0.29, 0.717) is 18.8 Å². The van der Waals surface area contributed by atoms with Gasteiger partial charge in [-0.15, -0.1) is 0 Å². The lowest BCUT2D eigenvalue weighted by Gasteiger charge is -2.34. The van der Waals surface area contributed by atoms with E-state index in [1.165, 1.54) is 0 Å². The van der Waals surface area contributed by atoms with E-state index in [9.17, 15) is 9.59 Å². The van der Waals surface area contributed by atoms with E-state index < -0.39 is 5.60 Å². The zero-order valence-corrected chi connectivity index (χ0v) is 13.6. The van der Waals surface area contributed by atoms with Gasteiger partial charge < -0.3 is 15.0 Å². The van der Waals surface area contributed by atoms with Crippen molar-refractivity contribution in [2.24, 2.45) is 7.05 Å². The van der Waals surface area contributed by atoms with E-state index >= 15 is 0 Å². The summed E-state index contributed by atoms with van der Waals surface area (Å²) in [6.45, 7) is 6.65. The molecule has 0 bridgehead atoms. The SMILES string of the molecule is Cn1ccc(C(=O)NC2CCCN(C(=O)OC(C)(C)C)C2)n1. The molecular weight excluding hydrogens is 284 g/mol. The van der Waals surface area contributed by atoms with Crippen LogP contribution in [-0.2, 0) is 11.8 Å². The maximum Gasteiger partial charge on any atom is 0.410 e. The Kier molecular flexibility index (Phi) is 4.73. The molecule has 1 aliphatic rings. The summed E-state index contributed by atoms with van der Waals surface area (Å²) in [5, 5.41) is 7.01.